The molecule has 0 fully saturated rings. The van der Waals surface area contributed by atoms with Crippen LogP contribution in [0.2, 0.25) is 0 Å². The molecule has 0 atom stereocenters. The molecule has 16 heavy (non-hydrogen) atoms. The molecule has 0 bridgehead atoms. The van der Waals surface area contributed by atoms with Crippen LogP contribution in [0.15, 0.2) is 35.3 Å². The molecule has 0 aliphatic carbocycles. The van der Waals surface area contributed by atoms with Crippen LogP contribution in [-0.2, 0) is 0 Å². The first-order chi connectivity index (χ1) is 7.95. The Labute approximate surface area is 99.2 Å². The molecule has 0 aliphatic heterocycles. The lowest BCUT2D eigenvalue weighted by atomic mass is 10.1. The van der Waals surface area contributed by atoms with Gasteiger partial charge in [0.25, 0.3) is 0 Å². The standard InChI is InChI=1S/C12H6N2S2/c1-5-15-11-7(1)8-2-6-16-12(8)10-9(11)13-3-4-14-10/h1-6H. The van der Waals surface area contributed by atoms with Crippen LogP contribution in [0.4, 0.5) is 0 Å². The van der Waals surface area contributed by atoms with Crippen molar-refractivity contribution in [2.24, 2.45) is 0 Å². The molecule has 1 aromatic carbocycles. The second-order valence-corrected chi connectivity index (χ2v) is 5.41. The SMILES string of the molecule is c1cnc2c(n1)c1sccc1c1ccsc12. The van der Waals surface area contributed by atoms with Crippen LogP contribution in [0.1, 0.15) is 0 Å². The van der Waals surface area contributed by atoms with E-state index in [9.17, 15) is 0 Å². The summed E-state index contributed by atoms with van der Waals surface area (Å²) in [7, 11) is 0. The van der Waals surface area contributed by atoms with Crippen LogP contribution in [-0.4, -0.2) is 9.97 Å². The summed E-state index contributed by atoms with van der Waals surface area (Å²) in [5.74, 6) is 0. The van der Waals surface area contributed by atoms with E-state index in [4.69, 9.17) is 0 Å². The zero-order chi connectivity index (χ0) is 10.5. The number of fused-ring (bicyclic) bond motifs is 6. The molecule has 0 radical (unpaired) electrons. The van der Waals surface area contributed by atoms with Gasteiger partial charge in [0.15, 0.2) is 0 Å². The van der Waals surface area contributed by atoms with Gasteiger partial charge >= 0.3 is 0 Å². The van der Waals surface area contributed by atoms with Crippen LogP contribution in [0, 0.1) is 0 Å². The van der Waals surface area contributed by atoms with Crippen LogP contribution in [0.3, 0.4) is 0 Å². The van der Waals surface area contributed by atoms with E-state index in [1.165, 1.54) is 20.2 Å². The maximum absolute atomic E-state index is 4.47. The van der Waals surface area contributed by atoms with Gasteiger partial charge in [-0.05, 0) is 22.9 Å². The quantitative estimate of drug-likeness (QED) is 0.464. The van der Waals surface area contributed by atoms with Crippen molar-refractivity contribution in [3.63, 3.8) is 0 Å². The summed E-state index contributed by atoms with van der Waals surface area (Å²) in [6.07, 6.45) is 3.53. The van der Waals surface area contributed by atoms with Crippen molar-refractivity contribution in [3.8, 4) is 0 Å². The summed E-state index contributed by atoms with van der Waals surface area (Å²) in [4.78, 5) is 8.93. The molecule has 0 spiro atoms. The normalized spacial score (nSPS) is 11.8. The van der Waals surface area contributed by atoms with Crippen molar-refractivity contribution in [1.29, 1.82) is 0 Å². The maximum Gasteiger partial charge on any atom is 0.108 e. The van der Waals surface area contributed by atoms with Crippen molar-refractivity contribution in [1.82, 2.24) is 9.97 Å². The zero-order valence-corrected chi connectivity index (χ0v) is 9.81. The molecule has 3 aromatic heterocycles. The average Bonchev–Trinajstić information content (AvgIpc) is 2.98. The highest BCUT2D eigenvalue weighted by atomic mass is 32.1. The van der Waals surface area contributed by atoms with E-state index in [-0.39, 0.29) is 0 Å². The smallest absolute Gasteiger partial charge is 0.108 e. The Balaban J connectivity index is 2.51. The fourth-order valence-electron chi connectivity index (χ4n) is 2.08. The van der Waals surface area contributed by atoms with Gasteiger partial charge in [-0.25, -0.2) is 0 Å². The molecule has 4 heteroatoms. The second kappa shape index (κ2) is 2.99. The molecule has 0 saturated heterocycles. The molecule has 0 N–H and O–H groups in total. The highest BCUT2D eigenvalue weighted by Crippen LogP contribution is 2.38. The van der Waals surface area contributed by atoms with Crippen LogP contribution < -0.4 is 0 Å². The first kappa shape index (κ1) is 8.61. The minimum absolute atomic E-state index is 1.03. The highest BCUT2D eigenvalue weighted by molar-refractivity contribution is 7.20. The predicted molar refractivity (Wildman–Crippen MR) is 70.3 cm³/mol. The van der Waals surface area contributed by atoms with Crippen molar-refractivity contribution < 1.29 is 0 Å². The number of hydrogen-bond donors (Lipinski definition) is 0. The van der Waals surface area contributed by atoms with Crippen molar-refractivity contribution in [3.05, 3.63) is 35.3 Å². The molecular weight excluding hydrogens is 236 g/mol. The Hall–Kier alpha value is -1.52. The molecule has 4 aromatic rings. The van der Waals surface area contributed by atoms with Gasteiger partial charge in [0, 0.05) is 23.2 Å². The number of rotatable bonds is 0. The number of thiophene rings is 2. The third kappa shape index (κ3) is 0.956. The van der Waals surface area contributed by atoms with Gasteiger partial charge in [-0.15, -0.1) is 22.7 Å². The first-order valence-electron chi connectivity index (χ1n) is 4.92. The lowest BCUT2D eigenvalue weighted by Gasteiger charge is -2.00. The summed E-state index contributed by atoms with van der Waals surface area (Å²) in [6.45, 7) is 0. The number of nitrogens with zero attached hydrogens (tertiary/aromatic N) is 2. The molecule has 0 amide bonds. The molecule has 2 nitrogen and oxygen atoms in total. The van der Waals surface area contributed by atoms with Crippen LogP contribution in [0.25, 0.3) is 31.2 Å². The maximum atomic E-state index is 4.47. The molecule has 4 rings (SSSR count). The Morgan fingerprint density at radius 1 is 0.750 bits per heavy atom. The summed E-state index contributed by atoms with van der Waals surface area (Å²) >= 11 is 3.47. The zero-order valence-electron chi connectivity index (χ0n) is 8.18. The largest absolute Gasteiger partial charge is 0.251 e. The fourth-order valence-corrected chi connectivity index (χ4v) is 3.89. The molecule has 76 valence electrons. The average molecular weight is 242 g/mol. The molecule has 3 heterocycles. The van der Waals surface area contributed by atoms with E-state index in [2.05, 4.69) is 32.9 Å². The molecular formula is C12H6N2S2. The number of benzene rings is 1. The summed E-state index contributed by atoms with van der Waals surface area (Å²) in [5.41, 5.74) is 2.06. The Kier molecular flexibility index (Phi) is 1.61. The van der Waals surface area contributed by atoms with E-state index in [0.717, 1.165) is 11.0 Å². The van der Waals surface area contributed by atoms with Gasteiger partial charge < -0.3 is 0 Å². The Morgan fingerprint density at radius 3 is 1.75 bits per heavy atom. The van der Waals surface area contributed by atoms with Crippen molar-refractivity contribution in [2.75, 3.05) is 0 Å². The third-order valence-corrected chi connectivity index (χ3v) is 4.59. The summed E-state index contributed by atoms with van der Waals surface area (Å²) in [5, 5.41) is 6.84. The summed E-state index contributed by atoms with van der Waals surface area (Å²) < 4.78 is 2.49. The van der Waals surface area contributed by atoms with Gasteiger partial charge in [0.2, 0.25) is 0 Å². The Bertz CT molecular complexity index is 744. The van der Waals surface area contributed by atoms with Gasteiger partial charge in [-0.3, -0.25) is 9.97 Å². The van der Waals surface area contributed by atoms with Crippen molar-refractivity contribution >= 4 is 53.9 Å². The van der Waals surface area contributed by atoms with Crippen molar-refractivity contribution in [2.45, 2.75) is 0 Å². The van der Waals surface area contributed by atoms with E-state index in [1.807, 2.05) is 0 Å². The number of aromatic nitrogens is 2. The minimum Gasteiger partial charge on any atom is -0.251 e. The van der Waals surface area contributed by atoms with Gasteiger partial charge in [0.1, 0.15) is 11.0 Å². The highest BCUT2D eigenvalue weighted by Gasteiger charge is 2.11. The van der Waals surface area contributed by atoms with Gasteiger partial charge in [-0.2, -0.15) is 0 Å². The second-order valence-electron chi connectivity index (χ2n) is 3.58. The van der Waals surface area contributed by atoms with Gasteiger partial charge in [0.05, 0.1) is 9.40 Å². The topological polar surface area (TPSA) is 25.8 Å². The lowest BCUT2D eigenvalue weighted by molar-refractivity contribution is 1.31. The Morgan fingerprint density at radius 2 is 1.25 bits per heavy atom. The van der Waals surface area contributed by atoms with Crippen LogP contribution in [0.5, 0.6) is 0 Å². The van der Waals surface area contributed by atoms with E-state index < -0.39 is 0 Å². The minimum atomic E-state index is 1.03. The number of hydrogen-bond acceptors (Lipinski definition) is 4. The monoisotopic (exact) mass is 242 g/mol. The first-order valence-corrected chi connectivity index (χ1v) is 6.68. The van der Waals surface area contributed by atoms with E-state index >= 15 is 0 Å². The van der Waals surface area contributed by atoms with Crippen LogP contribution >= 0.6 is 22.7 Å². The third-order valence-electron chi connectivity index (χ3n) is 2.75. The summed E-state index contributed by atoms with van der Waals surface area (Å²) in [6, 6.07) is 4.34. The molecule has 0 saturated carbocycles. The van der Waals surface area contributed by atoms with E-state index in [0.29, 0.717) is 0 Å². The fraction of sp³-hybridized carbons (Fsp3) is 0. The predicted octanol–water partition coefficient (Wildman–Crippen LogP) is 4.06. The molecule has 0 unspecified atom stereocenters. The molecule has 0 aliphatic rings. The van der Waals surface area contributed by atoms with Gasteiger partial charge in [-0.1, -0.05) is 0 Å². The van der Waals surface area contributed by atoms with E-state index in [1.54, 1.807) is 35.1 Å². The lowest BCUT2D eigenvalue weighted by Crippen LogP contribution is -1.82.